The number of imidazole rings is 1. The Morgan fingerprint density at radius 1 is 0.939 bits per heavy atom. The Bertz CT molecular complexity index is 1100. The molecule has 0 bridgehead atoms. The van der Waals surface area contributed by atoms with Crippen molar-refractivity contribution in [3.8, 4) is 0 Å². The fraction of sp³-hybridized carbons (Fsp3) is 0.333. The summed E-state index contributed by atoms with van der Waals surface area (Å²) >= 11 is 0. The number of amides is 1. The van der Waals surface area contributed by atoms with Gasteiger partial charge in [-0.15, -0.1) is 0 Å². The molecular formula is C24H24F4N4O. The molecule has 174 valence electrons. The fourth-order valence-electron chi connectivity index (χ4n) is 4.08. The first-order valence-corrected chi connectivity index (χ1v) is 10.7. The molecule has 1 aliphatic heterocycles. The number of rotatable bonds is 5. The lowest BCUT2D eigenvalue weighted by molar-refractivity contribution is -0.138. The highest BCUT2D eigenvalue weighted by atomic mass is 19.4. The Kier molecular flexibility index (Phi) is 6.78. The van der Waals surface area contributed by atoms with Gasteiger partial charge in [0.25, 0.3) is 5.91 Å². The minimum absolute atomic E-state index is 0.212. The normalized spacial score (nSPS) is 15.5. The molecule has 1 aliphatic rings. The molecule has 3 aromatic rings. The molecule has 0 aliphatic carbocycles. The van der Waals surface area contributed by atoms with Crippen LogP contribution in [-0.4, -0.2) is 51.4 Å². The number of nitrogens with zero attached hydrogens (tertiary/aromatic N) is 4. The van der Waals surface area contributed by atoms with E-state index >= 15 is 0 Å². The molecule has 4 rings (SSSR count). The van der Waals surface area contributed by atoms with Crippen LogP contribution < -0.4 is 0 Å². The third kappa shape index (κ3) is 5.42. The maximum absolute atomic E-state index is 14.3. The summed E-state index contributed by atoms with van der Waals surface area (Å²) in [4.78, 5) is 20.8. The predicted octanol–water partition coefficient (Wildman–Crippen LogP) is 4.44. The summed E-state index contributed by atoms with van der Waals surface area (Å²) in [6.45, 7) is 2.83. The second kappa shape index (κ2) is 9.74. The fourth-order valence-corrected chi connectivity index (χ4v) is 4.08. The maximum Gasteiger partial charge on any atom is 0.417 e. The summed E-state index contributed by atoms with van der Waals surface area (Å²) in [7, 11) is 0. The van der Waals surface area contributed by atoms with Crippen LogP contribution in [0.15, 0.2) is 60.9 Å². The Balaban J connectivity index is 1.43. The highest BCUT2D eigenvalue weighted by Gasteiger charge is 2.38. The van der Waals surface area contributed by atoms with Crippen molar-refractivity contribution in [2.75, 3.05) is 26.2 Å². The van der Waals surface area contributed by atoms with E-state index in [4.69, 9.17) is 0 Å². The maximum atomic E-state index is 14.3. The first kappa shape index (κ1) is 23.0. The van der Waals surface area contributed by atoms with Gasteiger partial charge < -0.3 is 9.47 Å². The molecule has 2 heterocycles. The van der Waals surface area contributed by atoms with Gasteiger partial charge in [-0.2, -0.15) is 13.2 Å². The number of hydrogen-bond donors (Lipinski definition) is 0. The SMILES string of the molecule is O=C(c1c(F)cccc1C(F)(F)F)N1CCCN(Cc2nccn2Cc2ccccc2)CC1. The minimum atomic E-state index is -4.80. The second-order valence-electron chi connectivity index (χ2n) is 8.04. The highest BCUT2D eigenvalue weighted by Crippen LogP contribution is 2.33. The minimum Gasteiger partial charge on any atom is -0.337 e. The first-order valence-electron chi connectivity index (χ1n) is 10.7. The van der Waals surface area contributed by atoms with E-state index in [1.165, 1.54) is 4.90 Å². The molecule has 0 unspecified atom stereocenters. The molecule has 0 radical (unpaired) electrons. The molecule has 0 spiro atoms. The lowest BCUT2D eigenvalue weighted by Crippen LogP contribution is -2.36. The van der Waals surface area contributed by atoms with Gasteiger partial charge in [-0.3, -0.25) is 9.69 Å². The zero-order valence-corrected chi connectivity index (χ0v) is 17.9. The number of hydrogen-bond acceptors (Lipinski definition) is 3. The van der Waals surface area contributed by atoms with Crippen LogP contribution in [0, 0.1) is 5.82 Å². The molecule has 0 saturated carbocycles. The zero-order chi connectivity index (χ0) is 23.4. The molecule has 0 atom stereocenters. The molecule has 9 heteroatoms. The molecule has 1 saturated heterocycles. The first-order chi connectivity index (χ1) is 15.8. The Hall–Kier alpha value is -3.20. The van der Waals surface area contributed by atoms with E-state index in [-0.39, 0.29) is 13.1 Å². The smallest absolute Gasteiger partial charge is 0.337 e. The van der Waals surface area contributed by atoms with Gasteiger partial charge in [-0.25, -0.2) is 9.37 Å². The van der Waals surface area contributed by atoms with Gasteiger partial charge in [0.05, 0.1) is 17.7 Å². The lowest BCUT2D eigenvalue weighted by Gasteiger charge is -2.23. The van der Waals surface area contributed by atoms with E-state index in [0.29, 0.717) is 32.6 Å². The number of carbonyl (C=O) groups excluding carboxylic acids is 1. The van der Waals surface area contributed by atoms with Gasteiger partial charge in [0.1, 0.15) is 11.6 Å². The average Bonchev–Trinajstić information content (AvgIpc) is 3.07. The van der Waals surface area contributed by atoms with Gasteiger partial charge in [0.2, 0.25) is 0 Å². The summed E-state index contributed by atoms with van der Waals surface area (Å²) in [5.74, 6) is -1.21. The number of halogens is 4. The van der Waals surface area contributed by atoms with Gasteiger partial charge >= 0.3 is 6.18 Å². The Morgan fingerprint density at radius 3 is 2.48 bits per heavy atom. The topological polar surface area (TPSA) is 41.4 Å². The molecule has 33 heavy (non-hydrogen) atoms. The number of alkyl halides is 3. The molecular weight excluding hydrogens is 436 g/mol. The van der Waals surface area contributed by atoms with Crippen LogP contribution in [-0.2, 0) is 19.3 Å². The van der Waals surface area contributed by atoms with Crippen molar-refractivity contribution in [1.29, 1.82) is 0 Å². The Morgan fingerprint density at radius 2 is 1.73 bits per heavy atom. The van der Waals surface area contributed by atoms with E-state index in [0.717, 1.165) is 29.6 Å². The summed E-state index contributed by atoms with van der Waals surface area (Å²) in [6, 6.07) is 12.6. The Labute approximate surface area is 189 Å². The monoisotopic (exact) mass is 460 g/mol. The van der Waals surface area contributed by atoms with Crippen LogP contribution in [0.3, 0.4) is 0 Å². The van der Waals surface area contributed by atoms with E-state index in [1.807, 2.05) is 36.5 Å². The van der Waals surface area contributed by atoms with Crippen molar-refractivity contribution in [2.45, 2.75) is 25.7 Å². The molecule has 0 N–H and O–H groups in total. The van der Waals surface area contributed by atoms with Gasteiger partial charge in [0, 0.05) is 45.1 Å². The second-order valence-corrected chi connectivity index (χ2v) is 8.04. The third-order valence-electron chi connectivity index (χ3n) is 5.77. The van der Waals surface area contributed by atoms with Crippen LogP contribution in [0.2, 0.25) is 0 Å². The average molecular weight is 460 g/mol. The highest BCUT2D eigenvalue weighted by molar-refractivity contribution is 5.96. The van der Waals surface area contributed by atoms with E-state index in [9.17, 15) is 22.4 Å². The molecule has 1 aromatic heterocycles. The summed E-state index contributed by atoms with van der Waals surface area (Å²) in [6.07, 6.45) is -0.586. The van der Waals surface area contributed by atoms with Crippen molar-refractivity contribution >= 4 is 5.91 Å². The number of carbonyl (C=O) groups is 1. The summed E-state index contributed by atoms with van der Waals surface area (Å²) in [5, 5.41) is 0. The number of benzene rings is 2. The molecule has 1 fully saturated rings. The van der Waals surface area contributed by atoms with Crippen LogP contribution in [0.25, 0.3) is 0 Å². The third-order valence-corrected chi connectivity index (χ3v) is 5.77. The van der Waals surface area contributed by atoms with Gasteiger partial charge in [-0.05, 0) is 24.1 Å². The van der Waals surface area contributed by atoms with Crippen molar-refractivity contribution < 1.29 is 22.4 Å². The zero-order valence-electron chi connectivity index (χ0n) is 17.9. The van der Waals surface area contributed by atoms with Crippen molar-refractivity contribution in [3.05, 3.63) is 89.3 Å². The van der Waals surface area contributed by atoms with Crippen molar-refractivity contribution in [2.24, 2.45) is 0 Å². The quantitative estimate of drug-likeness (QED) is 0.529. The van der Waals surface area contributed by atoms with Gasteiger partial charge in [-0.1, -0.05) is 36.4 Å². The van der Waals surface area contributed by atoms with Crippen molar-refractivity contribution in [3.63, 3.8) is 0 Å². The molecule has 1 amide bonds. The van der Waals surface area contributed by atoms with E-state index < -0.39 is 29.0 Å². The van der Waals surface area contributed by atoms with Crippen LogP contribution in [0.1, 0.15) is 33.7 Å². The lowest BCUT2D eigenvalue weighted by atomic mass is 10.0. The molecule has 2 aromatic carbocycles. The molecule has 5 nitrogen and oxygen atoms in total. The van der Waals surface area contributed by atoms with Crippen LogP contribution >= 0.6 is 0 Å². The predicted molar refractivity (Wildman–Crippen MR) is 115 cm³/mol. The summed E-state index contributed by atoms with van der Waals surface area (Å²) < 4.78 is 56.4. The van der Waals surface area contributed by atoms with E-state index in [1.54, 1.807) is 6.20 Å². The van der Waals surface area contributed by atoms with Crippen LogP contribution in [0.5, 0.6) is 0 Å². The van der Waals surface area contributed by atoms with E-state index in [2.05, 4.69) is 14.5 Å². The number of aromatic nitrogens is 2. The van der Waals surface area contributed by atoms with Gasteiger partial charge in [0.15, 0.2) is 0 Å². The van der Waals surface area contributed by atoms with Crippen LogP contribution in [0.4, 0.5) is 17.6 Å². The standard InChI is InChI=1S/C24H24F4N4O/c25-20-9-4-8-19(24(26,27)28)22(20)23(33)31-12-5-11-30(14-15-31)17-21-29-10-13-32(21)16-18-6-2-1-3-7-18/h1-4,6-10,13H,5,11-12,14-17H2. The largest absolute Gasteiger partial charge is 0.417 e. The summed E-state index contributed by atoms with van der Waals surface area (Å²) in [5.41, 5.74) is -0.997. The van der Waals surface area contributed by atoms with Crippen molar-refractivity contribution in [1.82, 2.24) is 19.4 Å².